The molecule has 7 aromatic carbocycles. The number of allylic oxidation sites excluding steroid dienone is 1. The smallest absolute Gasteiger partial charge is 0.205 e. The van der Waals surface area contributed by atoms with Gasteiger partial charge >= 0.3 is 0 Å². The molecule has 1 aromatic heterocycles. The summed E-state index contributed by atoms with van der Waals surface area (Å²) in [7, 11) is 0. The van der Waals surface area contributed by atoms with Gasteiger partial charge in [-0.15, -0.1) is 0 Å². The molecule has 0 fully saturated rings. The standard InChI is InChI=1S/C38H21N3O/c39-22-24(23-40)20-25-16-17-31-32-18-19-34(33-14-7-13-30(38(32)33)29-12-6-11-28(25)37(29)31)41(27-9-2-1-3-10-27)36-21-26-8-4-5-15-35(26)42-36/h1-21H. The van der Waals surface area contributed by atoms with Crippen LogP contribution in [0.2, 0.25) is 0 Å². The molecule has 0 aliphatic carbocycles. The van der Waals surface area contributed by atoms with Crippen LogP contribution in [0.1, 0.15) is 5.56 Å². The monoisotopic (exact) mass is 535 g/mol. The maximum atomic E-state index is 9.38. The molecule has 194 valence electrons. The van der Waals surface area contributed by atoms with Crippen LogP contribution < -0.4 is 4.90 Å². The summed E-state index contributed by atoms with van der Waals surface area (Å²) < 4.78 is 6.43. The first-order chi connectivity index (χ1) is 20.7. The van der Waals surface area contributed by atoms with Crippen molar-refractivity contribution in [1.29, 1.82) is 10.5 Å². The fraction of sp³-hybridized carbons (Fsp3) is 0. The lowest BCUT2D eigenvalue weighted by molar-refractivity contribution is 0.621. The number of furan rings is 1. The summed E-state index contributed by atoms with van der Waals surface area (Å²) in [6.07, 6.45) is 1.67. The summed E-state index contributed by atoms with van der Waals surface area (Å²) in [4.78, 5) is 2.19. The quantitative estimate of drug-likeness (QED) is 0.128. The van der Waals surface area contributed by atoms with E-state index in [0.717, 1.165) is 71.5 Å². The molecule has 0 aliphatic heterocycles. The Morgan fingerprint density at radius 2 is 1.21 bits per heavy atom. The highest BCUT2D eigenvalue weighted by atomic mass is 16.4. The van der Waals surface area contributed by atoms with E-state index in [4.69, 9.17) is 4.42 Å². The van der Waals surface area contributed by atoms with Crippen molar-refractivity contribution >= 4 is 77.4 Å². The van der Waals surface area contributed by atoms with Crippen molar-refractivity contribution < 1.29 is 4.42 Å². The molecule has 0 saturated carbocycles. The van der Waals surface area contributed by atoms with Gasteiger partial charge < -0.3 is 4.42 Å². The molecule has 4 nitrogen and oxygen atoms in total. The Kier molecular flexibility index (Phi) is 5.22. The van der Waals surface area contributed by atoms with Gasteiger partial charge in [0.2, 0.25) is 5.88 Å². The van der Waals surface area contributed by atoms with E-state index in [1.165, 1.54) is 5.39 Å². The van der Waals surface area contributed by atoms with Crippen molar-refractivity contribution in [2.24, 2.45) is 0 Å². The number of nitriles is 2. The van der Waals surface area contributed by atoms with Crippen LogP contribution in [0.3, 0.4) is 0 Å². The van der Waals surface area contributed by atoms with Gasteiger partial charge in [0.15, 0.2) is 0 Å². The lowest BCUT2D eigenvalue weighted by Gasteiger charge is -2.25. The number of benzene rings is 7. The Balaban J connectivity index is 1.46. The van der Waals surface area contributed by atoms with Crippen LogP contribution >= 0.6 is 0 Å². The Morgan fingerprint density at radius 3 is 1.95 bits per heavy atom. The molecule has 0 saturated heterocycles. The SMILES string of the molecule is N#CC(C#N)=Cc1ccc2c3ccc(N(c4ccccc4)c4cc5ccccc5o4)c4cccc(c5cccc1c52)c43. The van der Waals surface area contributed by atoms with E-state index in [1.807, 2.05) is 54.6 Å². The Bertz CT molecular complexity index is 2370. The zero-order valence-electron chi connectivity index (χ0n) is 22.4. The first-order valence-electron chi connectivity index (χ1n) is 13.7. The molecule has 42 heavy (non-hydrogen) atoms. The van der Waals surface area contributed by atoms with Crippen molar-refractivity contribution in [3.8, 4) is 12.1 Å². The predicted octanol–water partition coefficient (Wildman–Crippen LogP) is 10.4. The van der Waals surface area contributed by atoms with Crippen LogP contribution in [0.15, 0.2) is 131 Å². The predicted molar refractivity (Wildman–Crippen MR) is 171 cm³/mol. The molecule has 1 heterocycles. The topological polar surface area (TPSA) is 64.0 Å². The summed E-state index contributed by atoms with van der Waals surface area (Å²) in [5, 5.41) is 28.9. The number of hydrogen-bond acceptors (Lipinski definition) is 4. The van der Waals surface area contributed by atoms with E-state index in [-0.39, 0.29) is 5.57 Å². The second kappa shape index (κ2) is 9.24. The molecule has 0 aliphatic rings. The van der Waals surface area contributed by atoms with Crippen molar-refractivity contribution in [2.45, 2.75) is 0 Å². The van der Waals surface area contributed by atoms with Gasteiger partial charge in [-0.2, -0.15) is 10.5 Å². The summed E-state index contributed by atoms with van der Waals surface area (Å²) in [6, 6.07) is 45.7. The van der Waals surface area contributed by atoms with Gasteiger partial charge in [0.1, 0.15) is 23.3 Å². The molecule has 0 N–H and O–H groups in total. The number of para-hydroxylation sites is 2. The Morgan fingerprint density at radius 1 is 0.595 bits per heavy atom. The molecular weight excluding hydrogens is 514 g/mol. The lowest BCUT2D eigenvalue weighted by Crippen LogP contribution is -2.09. The van der Waals surface area contributed by atoms with Gasteiger partial charge in [0.25, 0.3) is 0 Å². The highest BCUT2D eigenvalue weighted by Gasteiger charge is 2.22. The molecule has 0 atom stereocenters. The molecular formula is C38H21N3O. The van der Waals surface area contributed by atoms with E-state index < -0.39 is 0 Å². The van der Waals surface area contributed by atoms with E-state index in [2.05, 4.69) is 83.8 Å². The summed E-state index contributed by atoms with van der Waals surface area (Å²) in [6.45, 7) is 0. The highest BCUT2D eigenvalue weighted by Crippen LogP contribution is 2.47. The number of nitrogens with zero attached hydrogens (tertiary/aromatic N) is 3. The maximum Gasteiger partial charge on any atom is 0.205 e. The van der Waals surface area contributed by atoms with Crippen LogP contribution in [-0.2, 0) is 0 Å². The van der Waals surface area contributed by atoms with E-state index in [0.29, 0.717) is 0 Å². The average Bonchev–Trinajstić information content (AvgIpc) is 3.47. The third-order valence-corrected chi connectivity index (χ3v) is 8.10. The van der Waals surface area contributed by atoms with Gasteiger partial charge in [-0.3, -0.25) is 4.90 Å². The van der Waals surface area contributed by atoms with Crippen LogP contribution in [0.5, 0.6) is 0 Å². The molecule has 4 heteroatoms. The van der Waals surface area contributed by atoms with Crippen LogP contribution in [0, 0.1) is 22.7 Å². The van der Waals surface area contributed by atoms with Gasteiger partial charge in [-0.25, -0.2) is 0 Å². The Hall–Kier alpha value is -6.10. The van der Waals surface area contributed by atoms with Gasteiger partial charge in [0.05, 0.1) is 5.69 Å². The number of rotatable bonds is 4. The first kappa shape index (κ1) is 23.8. The summed E-state index contributed by atoms with van der Waals surface area (Å²) in [5.41, 5.74) is 3.84. The van der Waals surface area contributed by atoms with Crippen LogP contribution in [0.25, 0.3) is 60.1 Å². The Labute approximate surface area is 241 Å². The molecule has 8 aromatic rings. The largest absolute Gasteiger partial charge is 0.440 e. The van der Waals surface area contributed by atoms with Crippen LogP contribution in [0.4, 0.5) is 17.3 Å². The highest BCUT2D eigenvalue weighted by molar-refractivity contribution is 6.34. The number of fused-ring (bicyclic) bond motifs is 3. The van der Waals surface area contributed by atoms with Crippen molar-refractivity contribution in [2.75, 3.05) is 4.90 Å². The summed E-state index contributed by atoms with van der Waals surface area (Å²) in [5.74, 6) is 0.753. The first-order valence-corrected chi connectivity index (χ1v) is 13.7. The normalized spacial score (nSPS) is 11.3. The molecule has 0 amide bonds. The van der Waals surface area contributed by atoms with E-state index in [9.17, 15) is 10.5 Å². The second-order valence-corrected chi connectivity index (χ2v) is 10.4. The molecule has 0 spiro atoms. The van der Waals surface area contributed by atoms with Crippen molar-refractivity contribution in [3.63, 3.8) is 0 Å². The molecule has 8 rings (SSSR count). The average molecular weight is 536 g/mol. The fourth-order valence-electron chi connectivity index (χ4n) is 6.32. The molecule has 0 radical (unpaired) electrons. The second-order valence-electron chi connectivity index (χ2n) is 10.4. The van der Waals surface area contributed by atoms with E-state index >= 15 is 0 Å². The third kappa shape index (κ3) is 3.47. The molecule has 0 bridgehead atoms. The van der Waals surface area contributed by atoms with Gasteiger partial charge in [-0.05, 0) is 73.6 Å². The zero-order valence-corrected chi connectivity index (χ0v) is 22.4. The maximum absolute atomic E-state index is 9.38. The van der Waals surface area contributed by atoms with E-state index in [1.54, 1.807) is 6.08 Å². The number of hydrogen-bond donors (Lipinski definition) is 0. The zero-order chi connectivity index (χ0) is 28.2. The van der Waals surface area contributed by atoms with Crippen molar-refractivity contribution in [1.82, 2.24) is 0 Å². The molecule has 0 unspecified atom stereocenters. The fourth-order valence-corrected chi connectivity index (χ4v) is 6.32. The third-order valence-electron chi connectivity index (χ3n) is 8.10. The minimum atomic E-state index is 0.0882. The lowest BCUT2D eigenvalue weighted by atomic mass is 9.87. The number of anilines is 3. The van der Waals surface area contributed by atoms with Gasteiger partial charge in [0, 0.05) is 22.5 Å². The summed E-state index contributed by atoms with van der Waals surface area (Å²) >= 11 is 0. The minimum absolute atomic E-state index is 0.0882. The minimum Gasteiger partial charge on any atom is -0.440 e. The van der Waals surface area contributed by atoms with Crippen molar-refractivity contribution in [3.05, 3.63) is 132 Å². The van der Waals surface area contributed by atoms with Gasteiger partial charge in [-0.1, -0.05) is 91.0 Å². The van der Waals surface area contributed by atoms with Crippen LogP contribution in [-0.4, -0.2) is 0 Å².